The van der Waals surface area contributed by atoms with Gasteiger partial charge in [0.25, 0.3) is 0 Å². The Bertz CT molecular complexity index is 321. The van der Waals surface area contributed by atoms with Gasteiger partial charge in [0.15, 0.2) is 11.6 Å². The first-order valence-corrected chi connectivity index (χ1v) is 3.53. The maximum Gasteiger partial charge on any atom is 0.517 e. The van der Waals surface area contributed by atoms with Crippen LogP contribution in [0, 0.1) is 10.7 Å². The normalized spacial score (nSPS) is 9.46. The first-order valence-electron chi connectivity index (χ1n) is 3.53. The van der Waals surface area contributed by atoms with E-state index in [0.717, 1.165) is 6.07 Å². The minimum atomic E-state index is -1.53. The molecule has 0 aliphatic heterocycles. The summed E-state index contributed by atoms with van der Waals surface area (Å²) in [6.45, 7) is 0. The molecule has 6 heteroatoms. The number of rotatable bonds is 3. The van der Waals surface area contributed by atoms with Gasteiger partial charge in [0, 0.05) is 0 Å². The molecule has 1 aromatic rings. The monoisotopic (exact) mass is 183 g/mol. The van der Waals surface area contributed by atoms with Crippen LogP contribution in [0.15, 0.2) is 23.3 Å². The molecule has 0 heterocycles. The lowest BCUT2D eigenvalue weighted by Gasteiger charge is -2.03. The lowest BCUT2D eigenvalue weighted by Crippen LogP contribution is -2.27. The van der Waals surface area contributed by atoms with E-state index in [-0.39, 0.29) is 11.2 Å². The first-order chi connectivity index (χ1) is 6.19. The predicted molar refractivity (Wildman–Crippen MR) is 46.4 cm³/mol. The number of nitroso groups, excluding NO2 is 1. The van der Waals surface area contributed by atoms with Crippen molar-refractivity contribution in [2.24, 2.45) is 5.09 Å². The van der Waals surface area contributed by atoms with Crippen molar-refractivity contribution in [3.05, 3.63) is 28.9 Å². The van der Waals surface area contributed by atoms with E-state index in [2.05, 4.69) is 9.82 Å². The van der Waals surface area contributed by atoms with Gasteiger partial charge in [-0.1, -0.05) is 11.2 Å². The summed E-state index contributed by atoms with van der Waals surface area (Å²) in [6, 6.07) is 3.69. The molecular formula is C7H7BFNO3. The molecule has 0 atom stereocenters. The number of hydrogen-bond acceptors (Lipinski definition) is 4. The van der Waals surface area contributed by atoms with Crippen molar-refractivity contribution in [2.75, 3.05) is 7.11 Å². The highest BCUT2D eigenvalue weighted by atomic mass is 19.1. The van der Waals surface area contributed by atoms with Crippen LogP contribution >= 0.6 is 0 Å². The van der Waals surface area contributed by atoms with Crippen molar-refractivity contribution in [3.8, 4) is 5.75 Å². The number of methoxy groups -OCH3 is 1. The SMILES string of the molecule is COc1ccc(B(O)N=O)cc1F. The van der Waals surface area contributed by atoms with Crippen molar-refractivity contribution in [3.63, 3.8) is 0 Å². The van der Waals surface area contributed by atoms with Crippen molar-refractivity contribution < 1.29 is 14.2 Å². The van der Waals surface area contributed by atoms with Crippen molar-refractivity contribution in [2.45, 2.75) is 0 Å². The number of nitrogens with zero attached hydrogens (tertiary/aromatic N) is 1. The fourth-order valence-electron chi connectivity index (χ4n) is 0.904. The zero-order chi connectivity index (χ0) is 9.84. The number of benzene rings is 1. The van der Waals surface area contributed by atoms with Gasteiger partial charge in [0.05, 0.1) is 7.11 Å². The quantitative estimate of drug-likeness (QED) is 0.541. The molecule has 0 bridgehead atoms. The smallest absolute Gasteiger partial charge is 0.494 e. The highest BCUT2D eigenvalue weighted by Gasteiger charge is 2.17. The molecule has 0 fully saturated rings. The molecule has 0 saturated heterocycles. The van der Waals surface area contributed by atoms with Crippen LogP contribution in [0.5, 0.6) is 5.75 Å². The van der Waals surface area contributed by atoms with Crippen LogP contribution in [0.3, 0.4) is 0 Å². The first kappa shape index (κ1) is 9.66. The molecule has 0 aliphatic carbocycles. The van der Waals surface area contributed by atoms with Gasteiger partial charge < -0.3 is 9.76 Å². The average Bonchev–Trinajstić information content (AvgIpc) is 2.16. The summed E-state index contributed by atoms with van der Waals surface area (Å²) in [5.74, 6) is -0.579. The van der Waals surface area contributed by atoms with Gasteiger partial charge in [0.2, 0.25) is 0 Å². The van der Waals surface area contributed by atoms with Crippen LogP contribution in [0.1, 0.15) is 0 Å². The maximum atomic E-state index is 13.0. The molecule has 0 aromatic heterocycles. The molecule has 0 saturated carbocycles. The summed E-state index contributed by atoms with van der Waals surface area (Å²) >= 11 is 0. The average molecular weight is 183 g/mol. The zero-order valence-corrected chi connectivity index (χ0v) is 6.90. The van der Waals surface area contributed by atoms with Crippen molar-refractivity contribution in [1.29, 1.82) is 0 Å². The number of halogens is 1. The second-order valence-electron chi connectivity index (χ2n) is 2.37. The summed E-state index contributed by atoms with van der Waals surface area (Å²) < 4.78 is 17.6. The minimum absolute atomic E-state index is 0.0573. The molecule has 0 amide bonds. The molecule has 1 aromatic carbocycles. The van der Waals surface area contributed by atoms with Crippen LogP contribution in [-0.4, -0.2) is 19.2 Å². The Morgan fingerprint density at radius 2 is 2.31 bits per heavy atom. The molecule has 0 aliphatic rings. The third-order valence-electron chi connectivity index (χ3n) is 1.57. The number of ether oxygens (including phenoxy) is 1. The van der Waals surface area contributed by atoms with Crippen LogP contribution in [0.25, 0.3) is 0 Å². The topological polar surface area (TPSA) is 58.9 Å². The fourth-order valence-corrected chi connectivity index (χ4v) is 0.904. The fraction of sp³-hybridized carbons (Fsp3) is 0.143. The van der Waals surface area contributed by atoms with Crippen molar-refractivity contribution >= 4 is 12.5 Å². The molecule has 4 nitrogen and oxygen atoms in total. The minimum Gasteiger partial charge on any atom is -0.494 e. The van der Waals surface area contributed by atoms with Crippen LogP contribution in [0.4, 0.5) is 4.39 Å². The highest BCUT2D eigenvalue weighted by molar-refractivity contribution is 6.64. The van der Waals surface area contributed by atoms with E-state index < -0.39 is 12.9 Å². The second-order valence-corrected chi connectivity index (χ2v) is 2.37. The van der Waals surface area contributed by atoms with E-state index in [0.29, 0.717) is 0 Å². The summed E-state index contributed by atoms with van der Waals surface area (Å²) in [4.78, 5) is 9.92. The van der Waals surface area contributed by atoms with Crippen LogP contribution in [0.2, 0.25) is 0 Å². The number of hydrogen-bond donors (Lipinski definition) is 1. The van der Waals surface area contributed by atoms with E-state index in [9.17, 15) is 9.30 Å². The zero-order valence-electron chi connectivity index (χ0n) is 6.90. The Hall–Kier alpha value is -1.43. The van der Waals surface area contributed by atoms with E-state index in [1.165, 1.54) is 19.2 Å². The lowest BCUT2D eigenvalue weighted by atomic mass is 9.76. The second kappa shape index (κ2) is 4.00. The van der Waals surface area contributed by atoms with Gasteiger partial charge in [-0.3, -0.25) is 0 Å². The van der Waals surface area contributed by atoms with Gasteiger partial charge >= 0.3 is 7.05 Å². The lowest BCUT2D eigenvalue weighted by molar-refractivity contribution is 0.387. The third-order valence-corrected chi connectivity index (χ3v) is 1.57. The maximum absolute atomic E-state index is 13.0. The summed E-state index contributed by atoms with van der Waals surface area (Å²) in [6.07, 6.45) is 0. The molecule has 1 N–H and O–H groups in total. The van der Waals surface area contributed by atoms with Gasteiger partial charge in [-0.05, 0) is 17.6 Å². The van der Waals surface area contributed by atoms with E-state index >= 15 is 0 Å². The van der Waals surface area contributed by atoms with Gasteiger partial charge in [-0.25, -0.2) is 4.39 Å². The molecular weight excluding hydrogens is 176 g/mol. The van der Waals surface area contributed by atoms with Crippen LogP contribution < -0.4 is 10.2 Å². The van der Waals surface area contributed by atoms with Gasteiger partial charge in [-0.15, -0.1) is 0 Å². The predicted octanol–water partition coefficient (Wildman–Crippen LogP) is 0.288. The Kier molecular flexibility index (Phi) is 2.97. The van der Waals surface area contributed by atoms with E-state index in [1.807, 2.05) is 0 Å². The Balaban J connectivity index is 3.02. The third kappa shape index (κ3) is 2.03. The summed E-state index contributed by atoms with van der Waals surface area (Å²) in [5, 5.41) is 11.3. The Labute approximate surface area is 74.4 Å². The van der Waals surface area contributed by atoms with E-state index in [1.54, 1.807) is 0 Å². The summed E-state index contributed by atoms with van der Waals surface area (Å²) in [5.41, 5.74) is 0.105. The Morgan fingerprint density at radius 3 is 2.77 bits per heavy atom. The van der Waals surface area contributed by atoms with Gasteiger partial charge in [-0.2, -0.15) is 4.91 Å². The standard InChI is InChI=1S/C7H7BFNO3/c1-13-7-3-2-5(4-6(7)9)8(11)10-12/h2-4,11H,1H3. The molecule has 0 unspecified atom stereocenters. The highest BCUT2D eigenvalue weighted by Crippen LogP contribution is 2.13. The van der Waals surface area contributed by atoms with E-state index in [4.69, 9.17) is 5.02 Å². The molecule has 0 radical (unpaired) electrons. The van der Waals surface area contributed by atoms with Crippen molar-refractivity contribution in [1.82, 2.24) is 0 Å². The molecule has 68 valence electrons. The molecule has 0 spiro atoms. The van der Waals surface area contributed by atoms with Crippen LogP contribution in [-0.2, 0) is 0 Å². The van der Waals surface area contributed by atoms with Gasteiger partial charge in [0.1, 0.15) is 0 Å². The Morgan fingerprint density at radius 1 is 1.62 bits per heavy atom. The molecule has 1 rings (SSSR count). The summed E-state index contributed by atoms with van der Waals surface area (Å²) in [7, 11) is -0.202. The molecule has 13 heavy (non-hydrogen) atoms. The largest absolute Gasteiger partial charge is 0.517 e.